The SMILES string of the molecule is O=C(N[C@@H]1C[C@@]1(F)c1ccccc1)C(F)(F)F. The lowest BCUT2D eigenvalue weighted by Crippen LogP contribution is -2.40. The van der Waals surface area contributed by atoms with Crippen LogP contribution in [0.3, 0.4) is 0 Å². The molecule has 17 heavy (non-hydrogen) atoms. The predicted molar refractivity (Wildman–Crippen MR) is 51.8 cm³/mol. The predicted octanol–water partition coefficient (Wildman–Crippen LogP) is 2.30. The number of halogens is 4. The van der Waals surface area contributed by atoms with Gasteiger partial charge in [0.25, 0.3) is 0 Å². The van der Waals surface area contributed by atoms with Crippen LogP contribution in [0.25, 0.3) is 0 Å². The van der Waals surface area contributed by atoms with E-state index in [4.69, 9.17) is 0 Å². The van der Waals surface area contributed by atoms with Gasteiger partial charge in [0.2, 0.25) is 0 Å². The molecule has 0 radical (unpaired) electrons. The van der Waals surface area contributed by atoms with Gasteiger partial charge in [-0.15, -0.1) is 0 Å². The molecule has 92 valence electrons. The van der Waals surface area contributed by atoms with E-state index < -0.39 is 23.8 Å². The molecule has 1 fully saturated rings. The van der Waals surface area contributed by atoms with Crippen LogP contribution in [0.2, 0.25) is 0 Å². The molecular formula is C11H9F4NO. The van der Waals surface area contributed by atoms with Crippen molar-refractivity contribution in [3.8, 4) is 0 Å². The first-order valence-electron chi connectivity index (χ1n) is 4.96. The Morgan fingerprint density at radius 3 is 2.41 bits per heavy atom. The lowest BCUT2D eigenvalue weighted by Gasteiger charge is -2.10. The number of hydrogen-bond donors (Lipinski definition) is 1. The van der Waals surface area contributed by atoms with E-state index in [9.17, 15) is 22.4 Å². The number of rotatable bonds is 2. The lowest BCUT2D eigenvalue weighted by atomic mass is 10.1. The number of nitrogens with one attached hydrogen (secondary N) is 1. The number of alkyl halides is 4. The summed E-state index contributed by atoms with van der Waals surface area (Å²) >= 11 is 0. The Morgan fingerprint density at radius 2 is 1.88 bits per heavy atom. The molecule has 1 aromatic rings. The van der Waals surface area contributed by atoms with Gasteiger partial charge in [0, 0.05) is 6.42 Å². The zero-order valence-corrected chi connectivity index (χ0v) is 8.59. The Labute approximate surface area is 94.6 Å². The minimum absolute atomic E-state index is 0.126. The first-order valence-corrected chi connectivity index (χ1v) is 4.96. The average Bonchev–Trinajstić information content (AvgIpc) is 2.91. The van der Waals surface area contributed by atoms with Crippen LogP contribution >= 0.6 is 0 Å². The fraction of sp³-hybridized carbons (Fsp3) is 0.364. The molecule has 0 saturated heterocycles. The molecule has 1 amide bonds. The van der Waals surface area contributed by atoms with E-state index in [2.05, 4.69) is 0 Å². The molecule has 1 aliphatic carbocycles. The minimum atomic E-state index is -4.97. The van der Waals surface area contributed by atoms with Gasteiger partial charge < -0.3 is 5.32 Å². The molecule has 0 aliphatic heterocycles. The Balaban J connectivity index is 2.03. The molecular weight excluding hydrogens is 238 g/mol. The fourth-order valence-electron chi connectivity index (χ4n) is 1.68. The third-order valence-corrected chi connectivity index (χ3v) is 2.71. The first kappa shape index (κ1) is 11.9. The van der Waals surface area contributed by atoms with Crippen molar-refractivity contribution in [2.75, 3.05) is 0 Å². The van der Waals surface area contributed by atoms with Crippen LogP contribution in [0.1, 0.15) is 12.0 Å². The highest BCUT2D eigenvalue weighted by atomic mass is 19.4. The second-order valence-corrected chi connectivity index (χ2v) is 3.96. The standard InChI is InChI=1S/C11H9F4NO/c12-10(7-4-2-1-3-5-7)6-8(10)16-9(17)11(13,14)15/h1-5,8H,6H2,(H,16,17)/t8-,10-/m1/s1. The molecule has 1 saturated carbocycles. The number of amides is 1. The van der Waals surface area contributed by atoms with Crippen LogP contribution in [0, 0.1) is 0 Å². The molecule has 0 aromatic heterocycles. The van der Waals surface area contributed by atoms with Crippen molar-refractivity contribution in [2.45, 2.75) is 24.3 Å². The largest absolute Gasteiger partial charge is 0.471 e. The Hall–Kier alpha value is -1.59. The fourth-order valence-corrected chi connectivity index (χ4v) is 1.68. The van der Waals surface area contributed by atoms with Gasteiger partial charge in [-0.2, -0.15) is 13.2 Å². The number of carbonyl (C=O) groups is 1. The van der Waals surface area contributed by atoms with E-state index in [1.165, 1.54) is 12.1 Å². The van der Waals surface area contributed by atoms with Crippen molar-refractivity contribution in [3.63, 3.8) is 0 Å². The summed E-state index contributed by atoms with van der Waals surface area (Å²) in [6.45, 7) is 0. The Morgan fingerprint density at radius 1 is 1.29 bits per heavy atom. The van der Waals surface area contributed by atoms with Gasteiger partial charge in [0.05, 0.1) is 6.04 Å². The van der Waals surface area contributed by atoms with Crippen molar-refractivity contribution < 1.29 is 22.4 Å². The van der Waals surface area contributed by atoms with E-state index in [1.807, 2.05) is 0 Å². The van der Waals surface area contributed by atoms with Crippen molar-refractivity contribution in [3.05, 3.63) is 35.9 Å². The molecule has 6 heteroatoms. The summed E-state index contributed by atoms with van der Waals surface area (Å²) in [5, 5.41) is 1.64. The van der Waals surface area contributed by atoms with E-state index in [-0.39, 0.29) is 12.0 Å². The minimum Gasteiger partial charge on any atom is -0.342 e. The highest BCUT2D eigenvalue weighted by Crippen LogP contribution is 2.49. The highest BCUT2D eigenvalue weighted by Gasteiger charge is 2.59. The first-order chi connectivity index (χ1) is 7.84. The van der Waals surface area contributed by atoms with Gasteiger partial charge >= 0.3 is 12.1 Å². The van der Waals surface area contributed by atoms with Crippen LogP contribution in [0.15, 0.2) is 30.3 Å². The highest BCUT2D eigenvalue weighted by molar-refractivity contribution is 5.82. The number of carbonyl (C=O) groups excluding carboxylic acids is 1. The zero-order valence-electron chi connectivity index (χ0n) is 8.59. The molecule has 0 heterocycles. The second kappa shape index (κ2) is 3.72. The summed E-state index contributed by atoms with van der Waals surface area (Å²) in [6, 6.07) is 6.74. The molecule has 0 unspecified atom stereocenters. The van der Waals surface area contributed by atoms with Gasteiger partial charge in [-0.3, -0.25) is 4.79 Å². The van der Waals surface area contributed by atoms with E-state index in [0.29, 0.717) is 0 Å². The van der Waals surface area contributed by atoms with Gasteiger partial charge in [0.15, 0.2) is 5.67 Å². The Bertz CT molecular complexity index is 431. The summed E-state index contributed by atoms with van der Waals surface area (Å²) in [5.41, 5.74) is -1.59. The quantitative estimate of drug-likeness (QED) is 0.798. The van der Waals surface area contributed by atoms with Crippen molar-refractivity contribution >= 4 is 5.91 Å². The van der Waals surface area contributed by atoms with Gasteiger partial charge in [0.1, 0.15) is 0 Å². The molecule has 2 nitrogen and oxygen atoms in total. The molecule has 2 atom stereocenters. The van der Waals surface area contributed by atoms with E-state index >= 15 is 0 Å². The smallest absolute Gasteiger partial charge is 0.342 e. The molecule has 1 aliphatic rings. The van der Waals surface area contributed by atoms with Crippen LogP contribution in [0.4, 0.5) is 17.6 Å². The maximum Gasteiger partial charge on any atom is 0.471 e. The van der Waals surface area contributed by atoms with Gasteiger partial charge in [-0.1, -0.05) is 30.3 Å². The number of hydrogen-bond acceptors (Lipinski definition) is 1. The molecule has 0 bridgehead atoms. The zero-order chi connectivity index (χ0) is 12.7. The summed E-state index contributed by atoms with van der Waals surface area (Å²) in [7, 11) is 0. The summed E-state index contributed by atoms with van der Waals surface area (Å²) < 4.78 is 49.9. The molecule has 1 aromatic carbocycles. The van der Waals surface area contributed by atoms with E-state index in [0.717, 1.165) is 0 Å². The van der Waals surface area contributed by atoms with E-state index in [1.54, 1.807) is 23.5 Å². The summed E-state index contributed by atoms with van der Waals surface area (Å²) in [4.78, 5) is 10.6. The molecule has 0 spiro atoms. The summed E-state index contributed by atoms with van der Waals surface area (Å²) in [6.07, 6.45) is -5.10. The van der Waals surface area contributed by atoms with Crippen LogP contribution in [-0.4, -0.2) is 18.1 Å². The van der Waals surface area contributed by atoms with Crippen LogP contribution < -0.4 is 5.32 Å². The van der Waals surface area contributed by atoms with Crippen molar-refractivity contribution in [1.29, 1.82) is 0 Å². The van der Waals surface area contributed by atoms with Crippen LogP contribution in [-0.2, 0) is 10.5 Å². The monoisotopic (exact) mass is 247 g/mol. The topological polar surface area (TPSA) is 29.1 Å². The third kappa shape index (κ3) is 2.25. The van der Waals surface area contributed by atoms with Crippen molar-refractivity contribution in [2.24, 2.45) is 0 Å². The maximum absolute atomic E-state index is 14.1. The van der Waals surface area contributed by atoms with Crippen LogP contribution in [0.5, 0.6) is 0 Å². The normalized spacial score (nSPS) is 27.6. The maximum atomic E-state index is 14.1. The lowest BCUT2D eigenvalue weighted by molar-refractivity contribution is -0.174. The third-order valence-electron chi connectivity index (χ3n) is 2.71. The van der Waals surface area contributed by atoms with Crippen molar-refractivity contribution in [1.82, 2.24) is 5.32 Å². The Kier molecular flexibility index (Phi) is 2.60. The summed E-state index contributed by atoms with van der Waals surface area (Å²) in [5.74, 6) is -2.10. The average molecular weight is 247 g/mol. The molecule has 2 rings (SSSR count). The second-order valence-electron chi connectivity index (χ2n) is 3.96. The number of benzene rings is 1. The van der Waals surface area contributed by atoms with Gasteiger partial charge in [-0.05, 0) is 5.56 Å². The van der Waals surface area contributed by atoms with Gasteiger partial charge in [-0.25, -0.2) is 4.39 Å². The molecule has 1 N–H and O–H groups in total.